The number of alkyl halides is 3. The van der Waals surface area contributed by atoms with Crippen molar-refractivity contribution in [1.82, 2.24) is 0 Å². The number of ketones is 1. The van der Waals surface area contributed by atoms with Crippen LogP contribution in [0.15, 0.2) is 47.4 Å². The van der Waals surface area contributed by atoms with Crippen molar-refractivity contribution in [3.8, 4) is 0 Å². The van der Waals surface area contributed by atoms with Crippen molar-refractivity contribution in [2.24, 2.45) is 5.14 Å². The highest BCUT2D eigenvalue weighted by Crippen LogP contribution is 2.45. The van der Waals surface area contributed by atoms with Crippen LogP contribution in [0.3, 0.4) is 0 Å². The number of hydrogen-bond acceptors (Lipinski definition) is 4. The Kier molecular flexibility index (Phi) is 4.83. The predicted octanol–water partition coefficient (Wildman–Crippen LogP) is 3.74. The fraction of sp³-hybridized carbons (Fsp3) is 0.211. The molecule has 0 aromatic heterocycles. The molecule has 0 unspecified atom stereocenters. The maximum Gasteiger partial charge on any atom is 0.417 e. The molecule has 0 spiro atoms. The summed E-state index contributed by atoms with van der Waals surface area (Å²) in [6.07, 6.45) is -4.75. The Morgan fingerprint density at radius 1 is 1.07 bits per heavy atom. The van der Waals surface area contributed by atoms with E-state index >= 15 is 0 Å². The predicted molar refractivity (Wildman–Crippen MR) is 96.2 cm³/mol. The van der Waals surface area contributed by atoms with E-state index in [4.69, 9.17) is 9.88 Å². The molecule has 154 valence electrons. The first-order valence-electron chi connectivity index (χ1n) is 8.21. The van der Waals surface area contributed by atoms with Crippen LogP contribution in [0.1, 0.15) is 30.5 Å². The van der Waals surface area contributed by atoms with E-state index < -0.39 is 49.4 Å². The molecular weight excluding hydrogens is 414 g/mol. The summed E-state index contributed by atoms with van der Waals surface area (Å²) < 4.78 is 83.1. The smallest absolute Gasteiger partial charge is 0.417 e. The van der Waals surface area contributed by atoms with Crippen LogP contribution in [-0.2, 0) is 25.7 Å². The zero-order valence-electron chi connectivity index (χ0n) is 15.2. The van der Waals surface area contributed by atoms with Crippen molar-refractivity contribution in [1.29, 1.82) is 0 Å². The zero-order valence-corrected chi connectivity index (χ0v) is 16.0. The van der Waals surface area contributed by atoms with Crippen molar-refractivity contribution in [2.75, 3.05) is 0 Å². The van der Waals surface area contributed by atoms with Crippen molar-refractivity contribution < 1.29 is 35.5 Å². The van der Waals surface area contributed by atoms with Gasteiger partial charge in [0.25, 0.3) is 0 Å². The van der Waals surface area contributed by atoms with Gasteiger partial charge in [-0.15, -0.1) is 0 Å². The molecule has 1 aliphatic rings. The van der Waals surface area contributed by atoms with E-state index in [1.54, 1.807) is 0 Å². The molecular formula is C19H15F4NO4S. The number of carbonyl (C=O) groups excluding carboxylic acids is 1. The molecule has 1 heterocycles. The first-order valence-corrected chi connectivity index (χ1v) is 9.75. The molecule has 5 nitrogen and oxygen atoms in total. The fourth-order valence-electron chi connectivity index (χ4n) is 3.03. The molecule has 0 atom stereocenters. The highest BCUT2D eigenvalue weighted by molar-refractivity contribution is 7.89. The molecule has 10 heteroatoms. The topological polar surface area (TPSA) is 86.5 Å². The van der Waals surface area contributed by atoms with Crippen LogP contribution in [0.5, 0.6) is 0 Å². The Bertz CT molecular complexity index is 1150. The Hall–Kier alpha value is -2.72. The fourth-order valence-corrected chi connectivity index (χ4v) is 3.61. The van der Waals surface area contributed by atoms with E-state index in [1.807, 2.05) is 0 Å². The lowest BCUT2D eigenvalue weighted by Crippen LogP contribution is -2.29. The lowest BCUT2D eigenvalue weighted by atomic mass is 9.90. The number of sulfonamides is 1. The number of nitrogens with two attached hydrogens (primary N) is 1. The maximum atomic E-state index is 14.3. The molecule has 0 saturated heterocycles. The molecule has 1 aliphatic heterocycles. The van der Waals surface area contributed by atoms with Crippen molar-refractivity contribution in [3.63, 3.8) is 0 Å². The summed E-state index contributed by atoms with van der Waals surface area (Å²) in [7, 11) is -4.35. The normalized spacial score (nSPS) is 16.9. The SMILES string of the molecule is CC1(C)OC(c2ccc(S(N)(=O)=O)c(F)c2)=C(c2ccccc2C(F)(F)F)C1=O. The van der Waals surface area contributed by atoms with Gasteiger partial charge in [-0.1, -0.05) is 18.2 Å². The lowest BCUT2D eigenvalue weighted by molar-refractivity contribution is -0.137. The number of primary sulfonamides is 1. The first kappa shape index (κ1) is 21.0. The molecule has 3 rings (SSSR count). The minimum absolute atomic E-state index is 0.0965. The van der Waals surface area contributed by atoms with Gasteiger partial charge < -0.3 is 4.74 Å². The third-order valence-corrected chi connectivity index (χ3v) is 5.30. The molecule has 29 heavy (non-hydrogen) atoms. The number of carbonyl (C=O) groups is 1. The Morgan fingerprint density at radius 2 is 1.69 bits per heavy atom. The van der Waals surface area contributed by atoms with Gasteiger partial charge in [-0.3, -0.25) is 4.79 Å². The van der Waals surface area contributed by atoms with Crippen LogP contribution >= 0.6 is 0 Å². The standard InChI is InChI=1S/C19H15F4NO4S/c1-18(2)17(25)15(11-5-3-4-6-12(11)19(21,22)23)16(28-18)10-7-8-14(13(20)9-10)29(24,26)27/h3-9H,1-2H3,(H2,24,26,27). The molecule has 0 saturated carbocycles. The van der Waals surface area contributed by atoms with E-state index in [-0.39, 0.29) is 16.9 Å². The van der Waals surface area contributed by atoms with Crippen LogP contribution in [-0.4, -0.2) is 19.8 Å². The quantitative estimate of drug-likeness (QED) is 0.754. The van der Waals surface area contributed by atoms with Crippen LogP contribution in [0.2, 0.25) is 0 Å². The van der Waals surface area contributed by atoms with Gasteiger partial charge >= 0.3 is 6.18 Å². The van der Waals surface area contributed by atoms with Gasteiger partial charge in [0, 0.05) is 11.1 Å². The molecule has 0 aliphatic carbocycles. The maximum absolute atomic E-state index is 14.3. The summed E-state index contributed by atoms with van der Waals surface area (Å²) in [6, 6.07) is 7.18. The van der Waals surface area contributed by atoms with Crippen LogP contribution in [0.25, 0.3) is 11.3 Å². The third-order valence-electron chi connectivity index (χ3n) is 4.36. The minimum atomic E-state index is -4.75. The molecule has 0 amide bonds. The second kappa shape index (κ2) is 6.67. The van der Waals surface area contributed by atoms with Crippen molar-refractivity contribution in [2.45, 2.75) is 30.5 Å². The monoisotopic (exact) mass is 429 g/mol. The minimum Gasteiger partial charge on any atom is -0.478 e. The van der Waals surface area contributed by atoms with Gasteiger partial charge in [0.15, 0.2) is 5.60 Å². The van der Waals surface area contributed by atoms with Crippen molar-refractivity contribution in [3.05, 3.63) is 65.0 Å². The average Bonchev–Trinajstić information content (AvgIpc) is 2.83. The summed E-state index contributed by atoms with van der Waals surface area (Å²) in [6.45, 7) is 2.74. The van der Waals surface area contributed by atoms with Crippen molar-refractivity contribution >= 4 is 27.1 Å². The summed E-state index contributed by atoms with van der Waals surface area (Å²) in [5, 5.41) is 4.92. The molecule has 2 aromatic rings. The highest BCUT2D eigenvalue weighted by Gasteiger charge is 2.45. The molecule has 0 bridgehead atoms. The number of ether oxygens (including phenoxy) is 1. The molecule has 0 fully saturated rings. The Labute approximate surface area is 163 Å². The second-order valence-electron chi connectivity index (χ2n) is 6.88. The number of benzene rings is 2. The van der Waals surface area contributed by atoms with E-state index in [0.717, 1.165) is 30.3 Å². The van der Waals surface area contributed by atoms with Gasteiger partial charge in [-0.25, -0.2) is 17.9 Å². The molecule has 2 aromatic carbocycles. The van der Waals surface area contributed by atoms with Crippen LogP contribution in [0.4, 0.5) is 17.6 Å². The second-order valence-corrected chi connectivity index (χ2v) is 8.41. The van der Waals surface area contributed by atoms with Gasteiger partial charge in [-0.05, 0) is 38.1 Å². The van der Waals surface area contributed by atoms with Crippen LogP contribution < -0.4 is 5.14 Å². The van der Waals surface area contributed by atoms with E-state index in [1.165, 1.54) is 26.0 Å². The Balaban J connectivity index is 2.30. The molecule has 2 N–H and O–H groups in total. The lowest BCUT2D eigenvalue weighted by Gasteiger charge is -2.18. The highest BCUT2D eigenvalue weighted by atomic mass is 32.2. The largest absolute Gasteiger partial charge is 0.478 e. The summed E-state index contributed by atoms with van der Waals surface area (Å²) >= 11 is 0. The van der Waals surface area contributed by atoms with E-state index in [2.05, 4.69) is 0 Å². The number of rotatable bonds is 3. The molecule has 0 radical (unpaired) electrons. The number of halogens is 4. The van der Waals surface area contributed by atoms with Gasteiger partial charge in [0.05, 0.1) is 11.1 Å². The number of hydrogen-bond donors (Lipinski definition) is 1. The summed E-state index contributed by atoms with van der Waals surface area (Å²) in [4.78, 5) is 12.1. The van der Waals surface area contributed by atoms with Gasteiger partial charge in [0.1, 0.15) is 16.5 Å². The number of Topliss-reactive ketones (excluding diaryl/α,β-unsaturated/α-hetero) is 1. The van der Waals surface area contributed by atoms with E-state index in [9.17, 15) is 30.8 Å². The van der Waals surface area contributed by atoms with Gasteiger partial charge in [-0.2, -0.15) is 13.2 Å². The Morgan fingerprint density at radius 3 is 2.24 bits per heavy atom. The average molecular weight is 429 g/mol. The summed E-state index contributed by atoms with van der Waals surface area (Å²) in [5.41, 5.74) is -3.44. The third kappa shape index (κ3) is 3.77. The van der Waals surface area contributed by atoms with E-state index in [0.29, 0.717) is 0 Å². The first-order chi connectivity index (χ1) is 13.2. The van der Waals surface area contributed by atoms with Crippen LogP contribution in [0, 0.1) is 5.82 Å². The zero-order chi connectivity index (χ0) is 21.8. The van der Waals surface area contributed by atoms with Gasteiger partial charge in [0.2, 0.25) is 15.8 Å². The summed E-state index contributed by atoms with van der Waals surface area (Å²) in [5.74, 6) is -2.22.